The lowest BCUT2D eigenvalue weighted by molar-refractivity contribution is 0.301. The van der Waals surface area contributed by atoms with Gasteiger partial charge in [0.2, 0.25) is 0 Å². The van der Waals surface area contributed by atoms with Crippen LogP contribution in [0.15, 0.2) is 77.9 Å². The van der Waals surface area contributed by atoms with Gasteiger partial charge in [-0.3, -0.25) is 9.98 Å². The Bertz CT molecular complexity index is 1020. The first-order valence-electron chi connectivity index (χ1n) is 10.5. The fraction of sp³-hybridized carbons (Fsp3) is 0.280. The van der Waals surface area contributed by atoms with E-state index < -0.39 is 0 Å². The van der Waals surface area contributed by atoms with Crippen molar-refractivity contribution in [2.75, 3.05) is 13.6 Å². The third-order valence-corrected chi connectivity index (χ3v) is 5.60. The topological polar surface area (TPSA) is 58.5 Å². The van der Waals surface area contributed by atoms with E-state index in [0.717, 1.165) is 47.9 Å². The fourth-order valence-electron chi connectivity index (χ4n) is 3.54. The largest absolute Gasteiger partial charge is 0.487 e. The third-order valence-electron chi connectivity index (χ3n) is 5.60. The van der Waals surface area contributed by atoms with E-state index in [1.807, 2.05) is 48.5 Å². The number of benzene rings is 2. The lowest BCUT2D eigenvalue weighted by Gasteiger charge is -2.19. The van der Waals surface area contributed by atoms with E-state index in [9.17, 15) is 4.39 Å². The van der Waals surface area contributed by atoms with E-state index in [0.29, 0.717) is 13.2 Å². The van der Waals surface area contributed by atoms with E-state index in [4.69, 9.17) is 4.74 Å². The number of aliphatic imine (C=N–C) groups is 1. The predicted molar refractivity (Wildman–Crippen MR) is 136 cm³/mol. The second-order valence-electron chi connectivity index (χ2n) is 7.82. The molecule has 168 valence electrons. The Morgan fingerprint density at radius 1 is 1.06 bits per heavy atom. The molecular weight excluding hydrogens is 518 g/mol. The minimum Gasteiger partial charge on any atom is -0.487 e. The Kier molecular flexibility index (Phi) is 8.44. The van der Waals surface area contributed by atoms with Crippen LogP contribution < -0.4 is 15.4 Å². The Balaban J connectivity index is 0.00000289. The first-order chi connectivity index (χ1) is 15.2. The minimum absolute atomic E-state index is 0. The van der Waals surface area contributed by atoms with Gasteiger partial charge < -0.3 is 15.4 Å². The van der Waals surface area contributed by atoms with E-state index in [2.05, 4.69) is 20.6 Å². The molecule has 0 amide bonds. The van der Waals surface area contributed by atoms with Gasteiger partial charge in [0.15, 0.2) is 5.96 Å². The van der Waals surface area contributed by atoms with Gasteiger partial charge in [-0.05, 0) is 60.4 Å². The highest BCUT2D eigenvalue weighted by atomic mass is 127. The minimum atomic E-state index is -0.182. The molecule has 0 unspecified atom stereocenters. The molecule has 1 aromatic heterocycles. The number of rotatable bonds is 8. The van der Waals surface area contributed by atoms with Gasteiger partial charge in [-0.15, -0.1) is 24.0 Å². The maximum Gasteiger partial charge on any atom is 0.191 e. The van der Waals surface area contributed by atoms with Gasteiger partial charge >= 0.3 is 0 Å². The maximum absolute atomic E-state index is 13.6. The van der Waals surface area contributed by atoms with E-state index in [1.165, 1.54) is 6.07 Å². The quantitative estimate of drug-likeness (QED) is 0.242. The van der Waals surface area contributed by atoms with Crippen LogP contribution in [0.25, 0.3) is 0 Å². The van der Waals surface area contributed by atoms with Gasteiger partial charge in [0.1, 0.15) is 18.2 Å². The summed E-state index contributed by atoms with van der Waals surface area (Å²) in [5.74, 6) is 1.36. The Morgan fingerprint density at radius 2 is 1.88 bits per heavy atom. The van der Waals surface area contributed by atoms with Crippen molar-refractivity contribution in [1.82, 2.24) is 15.6 Å². The van der Waals surface area contributed by atoms with Crippen LogP contribution in [0.4, 0.5) is 4.39 Å². The summed E-state index contributed by atoms with van der Waals surface area (Å²) in [6, 6.07) is 20.7. The van der Waals surface area contributed by atoms with Gasteiger partial charge in [-0.2, -0.15) is 0 Å². The lowest BCUT2D eigenvalue weighted by Crippen LogP contribution is -2.40. The SMILES string of the molecule is CN=C(NCc1ccc(OCc2ccccn2)cc1)NCC1(c2cccc(F)c2)CC1.I. The smallest absolute Gasteiger partial charge is 0.191 e. The number of hydrogen-bond acceptors (Lipinski definition) is 3. The van der Waals surface area contributed by atoms with Crippen LogP contribution in [0, 0.1) is 5.82 Å². The molecule has 1 saturated carbocycles. The molecule has 1 fully saturated rings. The average molecular weight is 546 g/mol. The number of guanidine groups is 1. The molecule has 0 aliphatic heterocycles. The first kappa shape index (κ1) is 24.0. The van der Waals surface area contributed by atoms with Crippen molar-refractivity contribution in [2.45, 2.75) is 31.4 Å². The highest BCUT2D eigenvalue weighted by Gasteiger charge is 2.44. The number of nitrogens with zero attached hydrogens (tertiary/aromatic N) is 2. The number of pyridine rings is 1. The van der Waals surface area contributed by atoms with Crippen LogP contribution in [0.1, 0.15) is 29.7 Å². The summed E-state index contributed by atoms with van der Waals surface area (Å²) < 4.78 is 19.4. The van der Waals surface area contributed by atoms with Gasteiger partial charge in [-0.1, -0.05) is 30.3 Å². The van der Waals surface area contributed by atoms with E-state index in [-0.39, 0.29) is 35.2 Å². The molecule has 1 aliphatic carbocycles. The molecule has 1 heterocycles. The summed E-state index contributed by atoms with van der Waals surface area (Å²) in [7, 11) is 1.76. The third kappa shape index (κ3) is 6.41. The van der Waals surface area contributed by atoms with Crippen LogP contribution in [0.2, 0.25) is 0 Å². The van der Waals surface area contributed by atoms with Gasteiger partial charge in [-0.25, -0.2) is 4.39 Å². The lowest BCUT2D eigenvalue weighted by atomic mass is 9.96. The van der Waals surface area contributed by atoms with Gasteiger partial charge in [0.25, 0.3) is 0 Å². The van der Waals surface area contributed by atoms with Crippen molar-refractivity contribution in [1.29, 1.82) is 0 Å². The molecule has 0 radical (unpaired) electrons. The summed E-state index contributed by atoms with van der Waals surface area (Å²) in [5, 5.41) is 6.74. The highest BCUT2D eigenvalue weighted by molar-refractivity contribution is 14.0. The van der Waals surface area contributed by atoms with Crippen molar-refractivity contribution in [3.05, 3.63) is 95.6 Å². The van der Waals surface area contributed by atoms with Crippen LogP contribution in [0.3, 0.4) is 0 Å². The molecule has 3 aromatic rings. The van der Waals surface area contributed by atoms with E-state index >= 15 is 0 Å². The molecule has 7 heteroatoms. The highest BCUT2D eigenvalue weighted by Crippen LogP contribution is 2.47. The average Bonchev–Trinajstić information content (AvgIpc) is 3.60. The van der Waals surface area contributed by atoms with E-state index in [1.54, 1.807) is 25.4 Å². The van der Waals surface area contributed by atoms with Gasteiger partial charge in [0, 0.05) is 31.7 Å². The predicted octanol–water partition coefficient (Wildman–Crippen LogP) is 4.81. The standard InChI is InChI=1S/C25H27FN4O.HI/c1-27-24(30-18-25(12-13-25)20-5-4-6-21(26)15-20)29-16-19-8-10-23(11-9-19)31-17-22-7-2-3-14-28-22;/h2-11,14-15H,12-13,16-18H2,1H3,(H2,27,29,30);1H. The Labute approximate surface area is 205 Å². The number of hydrogen-bond donors (Lipinski definition) is 2. The Hall–Kier alpha value is -2.68. The normalized spacial score (nSPS) is 14.2. The Morgan fingerprint density at radius 3 is 2.53 bits per heavy atom. The molecular formula is C25H28FIN4O. The zero-order valence-electron chi connectivity index (χ0n) is 18.1. The number of halogens is 2. The monoisotopic (exact) mass is 546 g/mol. The fourth-order valence-corrected chi connectivity index (χ4v) is 3.54. The van der Waals surface area contributed by atoms with Gasteiger partial charge in [0.05, 0.1) is 5.69 Å². The molecule has 5 nitrogen and oxygen atoms in total. The molecule has 0 spiro atoms. The van der Waals surface area contributed by atoms with Crippen molar-refractivity contribution in [3.8, 4) is 5.75 Å². The second kappa shape index (κ2) is 11.3. The number of aromatic nitrogens is 1. The molecule has 4 rings (SSSR count). The number of ether oxygens (including phenoxy) is 1. The van der Waals surface area contributed by atoms with Crippen LogP contribution in [-0.4, -0.2) is 24.5 Å². The van der Waals surface area contributed by atoms with Crippen LogP contribution in [0.5, 0.6) is 5.75 Å². The molecule has 0 saturated heterocycles. The summed E-state index contributed by atoms with van der Waals surface area (Å²) in [6.07, 6.45) is 3.87. The van der Waals surface area contributed by atoms with Crippen molar-refractivity contribution in [3.63, 3.8) is 0 Å². The molecule has 2 aromatic carbocycles. The van der Waals surface area contributed by atoms with Crippen LogP contribution in [-0.2, 0) is 18.6 Å². The van der Waals surface area contributed by atoms with Crippen molar-refractivity contribution in [2.24, 2.45) is 4.99 Å². The van der Waals surface area contributed by atoms with Crippen molar-refractivity contribution < 1.29 is 9.13 Å². The zero-order valence-corrected chi connectivity index (χ0v) is 20.4. The summed E-state index contributed by atoms with van der Waals surface area (Å²) >= 11 is 0. The summed E-state index contributed by atoms with van der Waals surface area (Å²) in [4.78, 5) is 8.57. The zero-order chi connectivity index (χ0) is 21.5. The maximum atomic E-state index is 13.6. The summed E-state index contributed by atoms with van der Waals surface area (Å²) in [5.41, 5.74) is 3.08. The second-order valence-corrected chi connectivity index (χ2v) is 7.82. The molecule has 1 aliphatic rings. The first-order valence-corrected chi connectivity index (χ1v) is 10.5. The van der Waals surface area contributed by atoms with Crippen molar-refractivity contribution >= 4 is 29.9 Å². The molecule has 0 atom stereocenters. The van der Waals surface area contributed by atoms with Crippen LogP contribution >= 0.6 is 24.0 Å². The summed E-state index contributed by atoms with van der Waals surface area (Å²) in [6.45, 7) is 1.83. The molecule has 0 bridgehead atoms. The molecule has 32 heavy (non-hydrogen) atoms. The number of nitrogens with one attached hydrogen (secondary N) is 2. The molecule has 2 N–H and O–H groups in total.